The number of anilines is 2. The molecule has 1 unspecified atom stereocenters. The summed E-state index contributed by atoms with van der Waals surface area (Å²) >= 11 is 0. The summed E-state index contributed by atoms with van der Waals surface area (Å²) in [5.74, 6) is -1.48. The third-order valence-corrected chi connectivity index (χ3v) is 10.5. The van der Waals surface area contributed by atoms with Gasteiger partial charge in [-0.3, -0.25) is 9.20 Å². The Morgan fingerprint density at radius 1 is 1.06 bits per heavy atom. The zero-order chi connectivity index (χ0) is 37.3. The van der Waals surface area contributed by atoms with Crippen molar-refractivity contribution in [1.29, 1.82) is 0 Å². The van der Waals surface area contributed by atoms with E-state index in [1.165, 1.54) is 40.4 Å². The van der Waals surface area contributed by atoms with Gasteiger partial charge in [0.05, 0.1) is 38.6 Å². The van der Waals surface area contributed by atoms with Crippen molar-refractivity contribution in [1.82, 2.24) is 39.6 Å². The number of amides is 2. The van der Waals surface area contributed by atoms with Gasteiger partial charge in [-0.05, 0) is 54.7 Å². The molecule has 0 saturated carbocycles. The highest BCUT2D eigenvalue weighted by Crippen LogP contribution is 2.33. The number of ether oxygens (including phenoxy) is 1. The molecule has 2 aliphatic heterocycles. The summed E-state index contributed by atoms with van der Waals surface area (Å²) in [6, 6.07) is 8.26. The van der Waals surface area contributed by atoms with Gasteiger partial charge in [-0.25, -0.2) is 19.2 Å². The number of nitrogens with one attached hydrogen (secondary N) is 2. The number of carbonyl (C=O) groups is 2. The number of halogens is 2. The van der Waals surface area contributed by atoms with Crippen LogP contribution in [-0.4, -0.2) is 102 Å². The first-order valence-corrected chi connectivity index (χ1v) is 17.8. The van der Waals surface area contributed by atoms with Gasteiger partial charge in [0.25, 0.3) is 11.8 Å². The normalized spacial score (nSPS) is 20.1. The van der Waals surface area contributed by atoms with E-state index in [1.54, 1.807) is 23.7 Å². The fourth-order valence-corrected chi connectivity index (χ4v) is 7.57. The Hall–Kier alpha value is -5.64. The van der Waals surface area contributed by atoms with Crippen LogP contribution in [0.5, 0.6) is 11.6 Å². The Balaban J connectivity index is 0.980. The smallest absolute Gasteiger partial charge is 0.407 e. The predicted molar refractivity (Wildman–Crippen MR) is 192 cm³/mol. The molecule has 0 bridgehead atoms. The van der Waals surface area contributed by atoms with E-state index in [0.717, 1.165) is 48.9 Å². The highest BCUT2D eigenvalue weighted by Gasteiger charge is 2.36. The minimum absolute atomic E-state index is 0.0123. The van der Waals surface area contributed by atoms with Crippen LogP contribution < -0.4 is 15.4 Å². The Bertz CT molecular complexity index is 2150. The van der Waals surface area contributed by atoms with Gasteiger partial charge in [0.15, 0.2) is 23.0 Å². The van der Waals surface area contributed by atoms with Crippen molar-refractivity contribution in [3.05, 3.63) is 77.9 Å². The van der Waals surface area contributed by atoms with Crippen molar-refractivity contribution >= 4 is 29.2 Å². The van der Waals surface area contributed by atoms with Crippen LogP contribution in [0.3, 0.4) is 0 Å². The lowest BCUT2D eigenvalue weighted by atomic mass is 9.93. The van der Waals surface area contributed by atoms with E-state index in [-0.39, 0.29) is 23.1 Å². The van der Waals surface area contributed by atoms with Crippen LogP contribution in [0, 0.1) is 23.5 Å². The second-order valence-electron chi connectivity index (χ2n) is 14.3. The van der Waals surface area contributed by atoms with E-state index in [4.69, 9.17) is 4.74 Å². The molecule has 0 spiro atoms. The van der Waals surface area contributed by atoms with E-state index in [9.17, 15) is 14.7 Å². The number of imidazole rings is 1. The number of hydrogen-bond acceptors (Lipinski definition) is 8. The van der Waals surface area contributed by atoms with E-state index >= 15 is 8.78 Å². The number of benzene rings is 2. The third-order valence-electron chi connectivity index (χ3n) is 10.5. The van der Waals surface area contributed by atoms with Crippen LogP contribution in [0.2, 0.25) is 0 Å². The number of aryl methyl sites for hydroxylation is 2. The lowest BCUT2D eigenvalue weighted by molar-refractivity contribution is -0.918. The second kappa shape index (κ2) is 14.8. The monoisotopic (exact) mass is 729 g/mol. The molecule has 53 heavy (non-hydrogen) atoms. The van der Waals surface area contributed by atoms with Crippen molar-refractivity contribution in [2.45, 2.75) is 32.6 Å². The van der Waals surface area contributed by atoms with Crippen LogP contribution in [0.25, 0.3) is 16.9 Å². The average Bonchev–Trinajstić information content (AvgIpc) is 3.90. The summed E-state index contributed by atoms with van der Waals surface area (Å²) in [6.07, 6.45) is 8.65. The number of likely N-dealkylation sites (tertiary alicyclic amines) is 2. The van der Waals surface area contributed by atoms with Crippen LogP contribution in [0.15, 0.2) is 55.1 Å². The molecule has 7 rings (SSSR count). The van der Waals surface area contributed by atoms with Crippen molar-refractivity contribution in [2.24, 2.45) is 18.9 Å². The molecule has 5 heterocycles. The number of nitrogens with zero attached hydrogens (tertiary/aromatic N) is 8. The summed E-state index contributed by atoms with van der Waals surface area (Å²) in [4.78, 5) is 36.4. The second-order valence-corrected chi connectivity index (χ2v) is 14.3. The largest absolute Gasteiger partial charge is 0.465 e. The molecule has 2 aliphatic rings. The maximum Gasteiger partial charge on any atom is 0.407 e. The fraction of sp³-hybridized carbons (Fsp3) is 0.405. The zero-order valence-electron chi connectivity index (χ0n) is 29.9. The molecule has 2 amide bonds. The van der Waals surface area contributed by atoms with Crippen LogP contribution in [-0.2, 0) is 13.5 Å². The minimum atomic E-state index is -1.17. The summed E-state index contributed by atoms with van der Waals surface area (Å²) in [6.45, 7) is 6.86. The average molecular weight is 730 g/mol. The van der Waals surface area contributed by atoms with Crippen LogP contribution in [0.4, 0.5) is 25.1 Å². The number of quaternary nitrogens is 1. The molecular formula is C37H43F2N10O4+. The lowest BCUT2D eigenvalue weighted by Crippen LogP contribution is -2.53. The van der Waals surface area contributed by atoms with Gasteiger partial charge in [0.2, 0.25) is 5.82 Å². The molecule has 3 aromatic heterocycles. The highest BCUT2D eigenvalue weighted by molar-refractivity contribution is 5.96. The molecule has 278 valence electrons. The number of carboxylic acid groups (broad SMARTS) is 1. The molecule has 5 aromatic rings. The van der Waals surface area contributed by atoms with Gasteiger partial charge in [-0.15, -0.1) is 5.10 Å². The predicted octanol–water partition coefficient (Wildman–Crippen LogP) is 5.49. The van der Waals surface area contributed by atoms with Crippen LogP contribution >= 0.6 is 0 Å². The maximum atomic E-state index is 15.4. The fourth-order valence-electron chi connectivity index (χ4n) is 7.57. The van der Waals surface area contributed by atoms with Gasteiger partial charge in [0.1, 0.15) is 6.20 Å². The molecule has 2 saturated heterocycles. The summed E-state index contributed by atoms with van der Waals surface area (Å²) < 4.78 is 38.4. The van der Waals surface area contributed by atoms with E-state index < -0.39 is 17.7 Å². The van der Waals surface area contributed by atoms with Crippen molar-refractivity contribution < 1.29 is 32.7 Å². The Morgan fingerprint density at radius 2 is 1.87 bits per heavy atom. The number of fused-ring (bicyclic) bond motifs is 1. The van der Waals surface area contributed by atoms with E-state index in [0.29, 0.717) is 66.3 Å². The molecular weight excluding hydrogens is 686 g/mol. The maximum absolute atomic E-state index is 15.4. The van der Waals surface area contributed by atoms with Crippen molar-refractivity contribution in [3.63, 3.8) is 0 Å². The summed E-state index contributed by atoms with van der Waals surface area (Å²) in [7, 11) is 3.85. The summed E-state index contributed by atoms with van der Waals surface area (Å²) in [5, 5.41) is 23.6. The standard InChI is InChI=1S/C37H42F2N10O4/c1-4-25-17-26(5-6-27(25)36(50)42-18-23-10-15-49(3,16-11-23)22-24-9-13-47(21-24)37(51)52)44-34-35-41-19-29(48(35)14-12-40-34)28-7-8-30(33(39)32(28)38)53-31-20-43-46(2)45-31/h5-8,12,14,17,19-20,23-24H,4,9-11,13,15-16,18,21-22H2,1-3H3,(H2-,40,42,44,50,51,52)/p+1. The number of aromatic nitrogens is 6. The number of rotatable bonds is 11. The first-order valence-electron chi connectivity index (χ1n) is 17.8. The molecule has 0 radical (unpaired) electrons. The highest BCUT2D eigenvalue weighted by atomic mass is 19.2. The van der Waals surface area contributed by atoms with Gasteiger partial charge < -0.3 is 29.9 Å². The molecule has 2 fully saturated rings. The first-order chi connectivity index (χ1) is 25.5. The lowest BCUT2D eigenvalue weighted by Gasteiger charge is -2.42. The van der Waals surface area contributed by atoms with Crippen molar-refractivity contribution in [2.75, 3.05) is 51.6 Å². The molecule has 0 aliphatic carbocycles. The van der Waals surface area contributed by atoms with E-state index in [1.807, 2.05) is 19.1 Å². The SMILES string of the molecule is CCc1cc(Nc2nccn3c(-c4ccc(Oc5cnn(C)n5)c(F)c4F)cnc23)ccc1C(=O)NCC1CC[N+](C)(CC2CCN(C(=O)O)C2)CC1. The van der Waals surface area contributed by atoms with E-state index in [2.05, 4.69) is 37.8 Å². The summed E-state index contributed by atoms with van der Waals surface area (Å²) in [5.41, 5.74) is 2.87. The van der Waals surface area contributed by atoms with Crippen LogP contribution in [0.1, 0.15) is 42.1 Å². The molecule has 14 nitrogen and oxygen atoms in total. The van der Waals surface area contributed by atoms with Gasteiger partial charge >= 0.3 is 6.09 Å². The Morgan fingerprint density at radius 3 is 2.58 bits per heavy atom. The molecule has 2 aromatic carbocycles. The zero-order valence-corrected chi connectivity index (χ0v) is 29.9. The third kappa shape index (κ3) is 7.63. The Kier molecular flexibility index (Phi) is 9.96. The quantitative estimate of drug-likeness (QED) is 0.150. The van der Waals surface area contributed by atoms with Crippen molar-refractivity contribution in [3.8, 4) is 22.9 Å². The minimum Gasteiger partial charge on any atom is -0.465 e. The molecule has 16 heteroatoms. The topological polar surface area (TPSA) is 152 Å². The van der Waals surface area contributed by atoms with Gasteiger partial charge in [-0.2, -0.15) is 14.3 Å². The first kappa shape index (κ1) is 35.7. The van der Waals surface area contributed by atoms with Gasteiger partial charge in [0, 0.05) is 74.6 Å². The number of piperidine rings is 1. The number of hydrogen-bond donors (Lipinski definition) is 3. The number of carbonyl (C=O) groups excluding carboxylic acids is 1. The molecule has 3 N–H and O–H groups in total. The van der Waals surface area contributed by atoms with Gasteiger partial charge in [-0.1, -0.05) is 6.92 Å². The Labute approximate surface area is 305 Å². The molecule has 1 atom stereocenters.